The average Bonchev–Trinajstić information content (AvgIpc) is 2.21. The molecule has 0 aliphatic carbocycles. The zero-order valence-corrected chi connectivity index (χ0v) is 13.1. The Kier molecular flexibility index (Phi) is 4.77. The van der Waals surface area contributed by atoms with Gasteiger partial charge in [0.05, 0.1) is 18.0 Å². The van der Waals surface area contributed by atoms with Crippen LogP contribution in [0.2, 0.25) is 19.6 Å². The molecule has 17 heavy (non-hydrogen) atoms. The predicted octanol–water partition coefficient (Wildman–Crippen LogP) is 3.38. The van der Waals surface area contributed by atoms with E-state index >= 15 is 0 Å². The Bertz CT molecular complexity index is 413. The summed E-state index contributed by atoms with van der Waals surface area (Å²) in [4.78, 5) is 11.2. The molecule has 0 unspecified atom stereocenters. The standard InChI is InChI=1S/C12H17BrO3Si/c1-15-12(14)8-9-5-6-10(13)11(7-9)16-17(2,3)4/h5-7H,8H2,1-4H3. The number of hydrogen-bond donors (Lipinski definition) is 0. The zero-order valence-electron chi connectivity index (χ0n) is 10.5. The lowest BCUT2D eigenvalue weighted by Gasteiger charge is -2.20. The quantitative estimate of drug-likeness (QED) is 0.631. The van der Waals surface area contributed by atoms with Crippen molar-refractivity contribution in [3.8, 4) is 5.75 Å². The molecule has 5 heteroatoms. The third-order valence-corrected chi connectivity index (χ3v) is 3.48. The molecule has 1 aromatic rings. The number of ether oxygens (including phenoxy) is 1. The van der Waals surface area contributed by atoms with E-state index in [0.717, 1.165) is 15.8 Å². The van der Waals surface area contributed by atoms with Crippen LogP contribution in [0.1, 0.15) is 5.56 Å². The average molecular weight is 317 g/mol. The SMILES string of the molecule is COC(=O)Cc1ccc(Br)c(O[Si](C)(C)C)c1. The minimum atomic E-state index is -1.65. The Morgan fingerprint density at radius 2 is 2.00 bits per heavy atom. The minimum Gasteiger partial charge on any atom is -0.544 e. The van der Waals surface area contributed by atoms with Crippen molar-refractivity contribution < 1.29 is 14.0 Å². The van der Waals surface area contributed by atoms with Crippen LogP contribution in [0, 0.1) is 0 Å². The molecule has 1 aromatic carbocycles. The van der Waals surface area contributed by atoms with Gasteiger partial charge in [-0.2, -0.15) is 0 Å². The van der Waals surface area contributed by atoms with Crippen LogP contribution in [0.15, 0.2) is 22.7 Å². The molecule has 0 spiro atoms. The van der Waals surface area contributed by atoms with Crippen LogP contribution in [0.5, 0.6) is 5.75 Å². The molecule has 0 radical (unpaired) electrons. The van der Waals surface area contributed by atoms with Crippen molar-refractivity contribution in [3.05, 3.63) is 28.2 Å². The fraction of sp³-hybridized carbons (Fsp3) is 0.417. The number of methoxy groups -OCH3 is 1. The summed E-state index contributed by atoms with van der Waals surface area (Å²) in [5.41, 5.74) is 0.897. The van der Waals surface area contributed by atoms with Crippen LogP contribution in [-0.4, -0.2) is 21.4 Å². The molecule has 0 bridgehead atoms. The van der Waals surface area contributed by atoms with Crippen molar-refractivity contribution in [2.75, 3.05) is 7.11 Å². The Labute approximate surface area is 111 Å². The van der Waals surface area contributed by atoms with Gasteiger partial charge in [0.1, 0.15) is 5.75 Å². The molecule has 0 amide bonds. The third-order valence-electron chi connectivity index (χ3n) is 1.99. The van der Waals surface area contributed by atoms with Gasteiger partial charge < -0.3 is 9.16 Å². The summed E-state index contributed by atoms with van der Waals surface area (Å²) in [7, 11) is -0.257. The van der Waals surface area contributed by atoms with E-state index in [9.17, 15) is 4.79 Å². The van der Waals surface area contributed by atoms with Crippen molar-refractivity contribution in [2.24, 2.45) is 0 Å². The van der Waals surface area contributed by atoms with Crippen molar-refractivity contribution in [1.29, 1.82) is 0 Å². The van der Waals surface area contributed by atoms with Crippen molar-refractivity contribution in [2.45, 2.75) is 26.1 Å². The highest BCUT2D eigenvalue weighted by atomic mass is 79.9. The van der Waals surface area contributed by atoms with Gasteiger partial charge in [-0.3, -0.25) is 4.79 Å². The lowest BCUT2D eigenvalue weighted by atomic mass is 10.1. The highest BCUT2D eigenvalue weighted by Crippen LogP contribution is 2.28. The normalized spacial score (nSPS) is 11.1. The topological polar surface area (TPSA) is 35.5 Å². The largest absolute Gasteiger partial charge is 0.544 e. The summed E-state index contributed by atoms with van der Waals surface area (Å²) in [5.74, 6) is 0.553. The molecular formula is C12H17BrO3Si. The molecule has 0 aromatic heterocycles. The molecular weight excluding hydrogens is 300 g/mol. The van der Waals surface area contributed by atoms with E-state index in [1.165, 1.54) is 7.11 Å². The summed E-state index contributed by atoms with van der Waals surface area (Å²) < 4.78 is 11.5. The summed E-state index contributed by atoms with van der Waals surface area (Å²) >= 11 is 3.45. The first-order valence-electron chi connectivity index (χ1n) is 5.36. The smallest absolute Gasteiger partial charge is 0.309 e. The Hall–Kier alpha value is -0.813. The van der Waals surface area contributed by atoms with Gasteiger partial charge in [-0.1, -0.05) is 6.07 Å². The number of carbonyl (C=O) groups excluding carboxylic acids is 1. The second-order valence-electron chi connectivity index (χ2n) is 4.73. The van der Waals surface area contributed by atoms with Gasteiger partial charge in [0.25, 0.3) is 0 Å². The number of benzene rings is 1. The predicted molar refractivity (Wildman–Crippen MR) is 73.8 cm³/mol. The number of halogens is 1. The van der Waals surface area contributed by atoms with E-state index in [4.69, 9.17) is 4.43 Å². The highest BCUT2D eigenvalue weighted by Gasteiger charge is 2.18. The monoisotopic (exact) mass is 316 g/mol. The van der Waals surface area contributed by atoms with Crippen LogP contribution in [0.25, 0.3) is 0 Å². The number of carbonyl (C=O) groups is 1. The second-order valence-corrected chi connectivity index (χ2v) is 10.0. The van der Waals surface area contributed by atoms with Crippen LogP contribution >= 0.6 is 15.9 Å². The molecule has 1 rings (SSSR count). The van der Waals surface area contributed by atoms with Crippen LogP contribution in [-0.2, 0) is 16.0 Å². The third kappa shape index (κ3) is 4.91. The molecule has 0 aliphatic heterocycles. The first-order chi connectivity index (χ1) is 7.81. The maximum atomic E-state index is 11.2. The number of esters is 1. The summed E-state index contributed by atoms with van der Waals surface area (Å²) in [6.07, 6.45) is 0.270. The molecule has 0 saturated heterocycles. The highest BCUT2D eigenvalue weighted by molar-refractivity contribution is 9.10. The van der Waals surface area contributed by atoms with E-state index in [0.29, 0.717) is 0 Å². The second kappa shape index (κ2) is 5.69. The number of hydrogen-bond acceptors (Lipinski definition) is 3. The van der Waals surface area contributed by atoms with Crippen molar-refractivity contribution in [1.82, 2.24) is 0 Å². The van der Waals surface area contributed by atoms with Gasteiger partial charge in [-0.15, -0.1) is 0 Å². The van der Waals surface area contributed by atoms with Crippen molar-refractivity contribution >= 4 is 30.2 Å². The van der Waals surface area contributed by atoms with Gasteiger partial charge in [-0.25, -0.2) is 0 Å². The lowest BCUT2D eigenvalue weighted by molar-refractivity contribution is -0.139. The summed E-state index contributed by atoms with van der Waals surface area (Å²) in [5, 5.41) is 0. The molecule has 0 N–H and O–H groups in total. The van der Waals surface area contributed by atoms with Crippen LogP contribution in [0.4, 0.5) is 0 Å². The maximum Gasteiger partial charge on any atom is 0.309 e. The maximum absolute atomic E-state index is 11.2. The molecule has 3 nitrogen and oxygen atoms in total. The number of rotatable bonds is 4. The van der Waals surface area contributed by atoms with Gasteiger partial charge in [-0.05, 0) is 53.3 Å². The van der Waals surface area contributed by atoms with Crippen LogP contribution in [0.3, 0.4) is 0 Å². The fourth-order valence-electron chi connectivity index (χ4n) is 1.30. The van der Waals surface area contributed by atoms with Gasteiger partial charge in [0.2, 0.25) is 8.32 Å². The molecule has 0 heterocycles. The molecule has 0 fully saturated rings. The van der Waals surface area contributed by atoms with E-state index in [1.54, 1.807) is 0 Å². The van der Waals surface area contributed by atoms with Gasteiger partial charge in [0.15, 0.2) is 0 Å². The summed E-state index contributed by atoms with van der Waals surface area (Å²) in [6, 6.07) is 5.67. The lowest BCUT2D eigenvalue weighted by Crippen LogP contribution is -2.29. The van der Waals surface area contributed by atoms with E-state index in [2.05, 4.69) is 40.3 Å². The first-order valence-corrected chi connectivity index (χ1v) is 9.56. The molecule has 0 atom stereocenters. The van der Waals surface area contributed by atoms with Gasteiger partial charge in [0, 0.05) is 0 Å². The Morgan fingerprint density at radius 3 is 2.53 bits per heavy atom. The Morgan fingerprint density at radius 1 is 1.35 bits per heavy atom. The first kappa shape index (κ1) is 14.2. The Balaban J connectivity index is 2.90. The van der Waals surface area contributed by atoms with E-state index in [-0.39, 0.29) is 12.4 Å². The van der Waals surface area contributed by atoms with Crippen molar-refractivity contribution in [3.63, 3.8) is 0 Å². The zero-order chi connectivity index (χ0) is 13.1. The van der Waals surface area contributed by atoms with Crippen LogP contribution < -0.4 is 4.43 Å². The summed E-state index contributed by atoms with van der Waals surface area (Å²) in [6.45, 7) is 6.35. The van der Waals surface area contributed by atoms with E-state index < -0.39 is 8.32 Å². The molecule has 0 saturated carbocycles. The van der Waals surface area contributed by atoms with Gasteiger partial charge >= 0.3 is 5.97 Å². The minimum absolute atomic E-state index is 0.244. The fourth-order valence-corrected chi connectivity index (χ4v) is 2.61. The molecule has 94 valence electrons. The van der Waals surface area contributed by atoms with E-state index in [1.807, 2.05) is 18.2 Å². The molecule has 0 aliphatic rings.